The van der Waals surface area contributed by atoms with Gasteiger partial charge in [0.2, 0.25) is 0 Å². The van der Waals surface area contributed by atoms with Gasteiger partial charge in [-0.05, 0) is 31.5 Å². The molecule has 1 aliphatic rings. The number of nitrogens with zero attached hydrogens (tertiary/aromatic N) is 1. The Morgan fingerprint density at radius 1 is 1.48 bits per heavy atom. The van der Waals surface area contributed by atoms with E-state index in [0.717, 1.165) is 5.69 Å². The Morgan fingerprint density at radius 2 is 2.19 bits per heavy atom. The molecule has 0 aromatic heterocycles. The fourth-order valence-electron chi connectivity index (χ4n) is 2.49. The van der Waals surface area contributed by atoms with Crippen LogP contribution < -0.4 is 10.6 Å². The molecule has 0 saturated carbocycles. The van der Waals surface area contributed by atoms with Crippen LogP contribution in [0, 0.1) is 0 Å². The highest BCUT2D eigenvalue weighted by Gasteiger charge is 2.31. The van der Waals surface area contributed by atoms with Crippen molar-refractivity contribution in [2.24, 2.45) is 0 Å². The summed E-state index contributed by atoms with van der Waals surface area (Å²) in [7, 11) is -1.13. The molecule has 1 heterocycles. The maximum absolute atomic E-state index is 11.6. The summed E-state index contributed by atoms with van der Waals surface area (Å²) >= 11 is 0. The van der Waals surface area contributed by atoms with Crippen molar-refractivity contribution >= 4 is 27.2 Å². The first-order valence-corrected chi connectivity index (χ1v) is 8.66. The molecule has 0 bridgehead atoms. The van der Waals surface area contributed by atoms with Gasteiger partial charge in [0.15, 0.2) is 9.84 Å². The van der Waals surface area contributed by atoms with Crippen LogP contribution in [0.2, 0.25) is 0 Å². The Labute approximate surface area is 124 Å². The summed E-state index contributed by atoms with van der Waals surface area (Å²) < 4.78 is 28.0. The van der Waals surface area contributed by atoms with Crippen molar-refractivity contribution in [3.05, 3.63) is 23.8 Å². The maximum atomic E-state index is 11.6. The maximum Gasteiger partial charge on any atom is 0.338 e. The Balaban J connectivity index is 2.19. The van der Waals surface area contributed by atoms with Crippen LogP contribution in [0.5, 0.6) is 0 Å². The third kappa shape index (κ3) is 3.47. The molecule has 116 valence electrons. The first kappa shape index (κ1) is 15.6. The van der Waals surface area contributed by atoms with Crippen LogP contribution >= 0.6 is 0 Å². The van der Waals surface area contributed by atoms with E-state index in [1.165, 1.54) is 0 Å². The predicted octanol–water partition coefficient (Wildman–Crippen LogP) is 1.07. The molecule has 21 heavy (non-hydrogen) atoms. The number of anilines is 2. The van der Waals surface area contributed by atoms with Crippen molar-refractivity contribution in [3.8, 4) is 0 Å². The van der Waals surface area contributed by atoms with E-state index in [9.17, 15) is 13.2 Å². The van der Waals surface area contributed by atoms with Crippen LogP contribution in [0.25, 0.3) is 0 Å². The topological polar surface area (TPSA) is 89.7 Å². The van der Waals surface area contributed by atoms with Crippen LogP contribution in [0.4, 0.5) is 11.4 Å². The predicted molar refractivity (Wildman–Crippen MR) is 82.3 cm³/mol. The minimum atomic E-state index is -2.95. The fourth-order valence-corrected chi connectivity index (χ4v) is 4.27. The molecule has 1 atom stereocenters. The number of carbonyl (C=O) groups excluding carboxylic acids is 1. The number of rotatable bonds is 4. The summed E-state index contributed by atoms with van der Waals surface area (Å²) in [6, 6.07) is 4.86. The van der Waals surface area contributed by atoms with E-state index in [4.69, 9.17) is 10.5 Å². The largest absolute Gasteiger partial charge is 0.462 e. The average molecular weight is 312 g/mol. The van der Waals surface area contributed by atoms with Crippen LogP contribution in [0.1, 0.15) is 23.7 Å². The van der Waals surface area contributed by atoms with E-state index in [-0.39, 0.29) is 17.5 Å². The lowest BCUT2D eigenvalue weighted by molar-refractivity contribution is 0.0526. The van der Waals surface area contributed by atoms with Crippen molar-refractivity contribution in [1.29, 1.82) is 0 Å². The third-order valence-corrected chi connectivity index (χ3v) is 5.43. The molecular weight excluding hydrogens is 292 g/mol. The SMILES string of the molecule is CCOC(=O)c1ccc(N(C)C2CCS(=O)(=O)C2)c(N)c1. The van der Waals surface area contributed by atoms with Crippen LogP contribution in [-0.2, 0) is 14.6 Å². The zero-order chi connectivity index (χ0) is 15.6. The fraction of sp³-hybridized carbons (Fsp3) is 0.500. The van der Waals surface area contributed by atoms with Gasteiger partial charge in [0, 0.05) is 13.1 Å². The third-order valence-electron chi connectivity index (χ3n) is 3.67. The Hall–Kier alpha value is -1.76. The number of hydrogen-bond donors (Lipinski definition) is 1. The second-order valence-electron chi connectivity index (χ2n) is 5.16. The van der Waals surface area contributed by atoms with Gasteiger partial charge in [0.25, 0.3) is 0 Å². The number of sulfone groups is 1. The highest BCUT2D eigenvalue weighted by Crippen LogP contribution is 2.28. The van der Waals surface area contributed by atoms with E-state index in [1.807, 2.05) is 11.9 Å². The Bertz CT molecular complexity index is 642. The molecule has 7 heteroatoms. The summed E-state index contributed by atoms with van der Waals surface area (Å²) in [5.74, 6) is -0.0624. The molecule has 1 saturated heterocycles. The van der Waals surface area contributed by atoms with Crippen molar-refractivity contribution in [1.82, 2.24) is 0 Å². The minimum Gasteiger partial charge on any atom is -0.462 e. The molecule has 0 spiro atoms. The molecule has 2 N–H and O–H groups in total. The molecule has 1 aliphatic heterocycles. The minimum absolute atomic E-state index is 0.0780. The molecule has 0 aliphatic carbocycles. The molecule has 2 rings (SSSR count). The second kappa shape index (κ2) is 5.93. The van der Waals surface area contributed by atoms with Gasteiger partial charge >= 0.3 is 5.97 Å². The van der Waals surface area contributed by atoms with Gasteiger partial charge in [-0.1, -0.05) is 0 Å². The highest BCUT2D eigenvalue weighted by molar-refractivity contribution is 7.91. The van der Waals surface area contributed by atoms with Crippen LogP contribution in [0.3, 0.4) is 0 Å². The van der Waals surface area contributed by atoms with Gasteiger partial charge < -0.3 is 15.4 Å². The Kier molecular flexibility index (Phi) is 4.41. The lowest BCUT2D eigenvalue weighted by atomic mass is 10.1. The van der Waals surface area contributed by atoms with Gasteiger partial charge in [-0.25, -0.2) is 13.2 Å². The van der Waals surface area contributed by atoms with Crippen LogP contribution in [-0.4, -0.2) is 45.6 Å². The number of hydrogen-bond acceptors (Lipinski definition) is 6. The van der Waals surface area contributed by atoms with E-state index in [1.54, 1.807) is 25.1 Å². The highest BCUT2D eigenvalue weighted by atomic mass is 32.2. The number of nitrogens with two attached hydrogens (primary N) is 1. The molecule has 6 nitrogen and oxygen atoms in total. The first-order chi connectivity index (χ1) is 9.84. The van der Waals surface area contributed by atoms with Crippen LogP contribution in [0.15, 0.2) is 18.2 Å². The molecule has 1 aromatic carbocycles. The molecule has 0 amide bonds. The molecular formula is C14H20N2O4S. The van der Waals surface area contributed by atoms with Gasteiger partial charge in [-0.3, -0.25) is 0 Å². The smallest absolute Gasteiger partial charge is 0.338 e. The molecule has 1 unspecified atom stereocenters. The lowest BCUT2D eigenvalue weighted by Gasteiger charge is -2.27. The van der Waals surface area contributed by atoms with E-state index in [0.29, 0.717) is 24.3 Å². The van der Waals surface area contributed by atoms with Gasteiger partial charge in [-0.2, -0.15) is 0 Å². The molecule has 1 fully saturated rings. The zero-order valence-corrected chi connectivity index (χ0v) is 13.0. The van der Waals surface area contributed by atoms with Gasteiger partial charge in [-0.15, -0.1) is 0 Å². The van der Waals surface area contributed by atoms with Crippen molar-refractivity contribution in [2.45, 2.75) is 19.4 Å². The summed E-state index contributed by atoms with van der Waals surface area (Å²) in [4.78, 5) is 13.5. The number of nitrogen functional groups attached to an aromatic ring is 1. The quantitative estimate of drug-likeness (QED) is 0.661. The molecule has 1 aromatic rings. The van der Waals surface area contributed by atoms with Crippen molar-refractivity contribution in [3.63, 3.8) is 0 Å². The second-order valence-corrected chi connectivity index (χ2v) is 7.39. The normalized spacial score (nSPS) is 20.2. The van der Waals surface area contributed by atoms with E-state index < -0.39 is 15.8 Å². The lowest BCUT2D eigenvalue weighted by Crippen LogP contribution is -2.33. The van der Waals surface area contributed by atoms with E-state index >= 15 is 0 Å². The Morgan fingerprint density at radius 3 is 2.71 bits per heavy atom. The van der Waals surface area contributed by atoms with Crippen molar-refractivity contribution < 1.29 is 17.9 Å². The molecule has 0 radical (unpaired) electrons. The average Bonchev–Trinajstić information content (AvgIpc) is 2.78. The summed E-state index contributed by atoms with van der Waals surface area (Å²) in [5.41, 5.74) is 7.55. The van der Waals surface area contributed by atoms with Gasteiger partial charge in [0.05, 0.1) is 35.1 Å². The first-order valence-electron chi connectivity index (χ1n) is 6.84. The summed E-state index contributed by atoms with van der Waals surface area (Å²) in [6.07, 6.45) is 0.595. The number of ether oxygens (including phenoxy) is 1. The van der Waals surface area contributed by atoms with E-state index in [2.05, 4.69) is 0 Å². The summed E-state index contributed by atoms with van der Waals surface area (Å²) in [6.45, 7) is 2.05. The number of carbonyl (C=O) groups is 1. The van der Waals surface area contributed by atoms with Crippen molar-refractivity contribution in [2.75, 3.05) is 35.8 Å². The number of benzene rings is 1. The summed E-state index contributed by atoms with van der Waals surface area (Å²) in [5, 5.41) is 0. The number of esters is 1. The van der Waals surface area contributed by atoms with Gasteiger partial charge in [0.1, 0.15) is 0 Å². The zero-order valence-electron chi connectivity index (χ0n) is 12.2. The monoisotopic (exact) mass is 312 g/mol. The standard InChI is InChI=1S/C14H20N2O4S/c1-3-20-14(17)10-4-5-13(12(15)8-10)16(2)11-6-7-21(18,19)9-11/h4-5,8,11H,3,6-7,9,15H2,1-2H3.